The number of carbonyl (C=O) groups excluding carboxylic acids is 1. The fraction of sp³-hybridized carbons (Fsp3) is 0.500. The standard InChI is InChI=1S/C14H17Cl2FN2O2.ClH/c1-8(13-10(15)2-3-11(17)14(13)16)19-12(20)6-9-7-21-5-4-18-9;/h2-3,8-9,18H,4-7H2,1H3,(H,19,20);1H. The molecule has 1 heterocycles. The van der Waals surface area contributed by atoms with Gasteiger partial charge in [0.2, 0.25) is 5.91 Å². The Kier molecular flexibility index (Phi) is 7.86. The van der Waals surface area contributed by atoms with Crippen LogP contribution in [0.4, 0.5) is 4.39 Å². The van der Waals surface area contributed by atoms with E-state index in [2.05, 4.69) is 10.6 Å². The smallest absolute Gasteiger partial charge is 0.222 e. The number of amides is 1. The van der Waals surface area contributed by atoms with E-state index < -0.39 is 11.9 Å². The topological polar surface area (TPSA) is 50.4 Å². The first kappa shape index (κ1) is 19.5. The van der Waals surface area contributed by atoms with Gasteiger partial charge >= 0.3 is 0 Å². The van der Waals surface area contributed by atoms with Crippen LogP contribution in [-0.2, 0) is 9.53 Å². The van der Waals surface area contributed by atoms with E-state index in [1.807, 2.05) is 0 Å². The Labute approximate surface area is 145 Å². The first-order valence-electron chi connectivity index (χ1n) is 6.73. The molecule has 2 N–H and O–H groups in total. The Morgan fingerprint density at radius 1 is 1.55 bits per heavy atom. The van der Waals surface area contributed by atoms with Crippen molar-refractivity contribution in [2.24, 2.45) is 0 Å². The molecule has 124 valence electrons. The minimum Gasteiger partial charge on any atom is -0.378 e. The lowest BCUT2D eigenvalue weighted by Crippen LogP contribution is -2.44. The minimum atomic E-state index is -0.556. The molecule has 1 aliphatic heterocycles. The third-order valence-electron chi connectivity index (χ3n) is 3.32. The second-order valence-corrected chi connectivity index (χ2v) is 5.76. The van der Waals surface area contributed by atoms with Gasteiger partial charge in [-0.25, -0.2) is 4.39 Å². The normalized spacial score (nSPS) is 19.2. The quantitative estimate of drug-likeness (QED) is 0.800. The molecule has 1 aliphatic rings. The summed E-state index contributed by atoms with van der Waals surface area (Å²) in [6, 6.07) is 2.14. The number of nitrogens with one attached hydrogen (secondary N) is 2. The van der Waals surface area contributed by atoms with Gasteiger partial charge in [-0.3, -0.25) is 4.79 Å². The largest absolute Gasteiger partial charge is 0.378 e. The van der Waals surface area contributed by atoms with Crippen molar-refractivity contribution in [1.82, 2.24) is 10.6 Å². The molecular formula is C14H18Cl3FN2O2. The zero-order valence-corrected chi connectivity index (χ0v) is 14.3. The van der Waals surface area contributed by atoms with Crippen molar-refractivity contribution < 1.29 is 13.9 Å². The van der Waals surface area contributed by atoms with E-state index in [1.165, 1.54) is 12.1 Å². The highest BCUT2D eigenvalue weighted by molar-refractivity contribution is 6.36. The summed E-state index contributed by atoms with van der Waals surface area (Å²) < 4.78 is 18.8. The molecule has 2 unspecified atom stereocenters. The van der Waals surface area contributed by atoms with Crippen molar-refractivity contribution >= 4 is 41.5 Å². The van der Waals surface area contributed by atoms with Crippen LogP contribution in [0.25, 0.3) is 0 Å². The van der Waals surface area contributed by atoms with E-state index in [4.69, 9.17) is 27.9 Å². The third-order valence-corrected chi connectivity index (χ3v) is 4.03. The molecule has 0 radical (unpaired) electrons. The SMILES string of the molecule is CC(NC(=O)CC1COCCN1)c1c(Cl)ccc(F)c1Cl.Cl. The van der Waals surface area contributed by atoms with Crippen molar-refractivity contribution in [3.63, 3.8) is 0 Å². The van der Waals surface area contributed by atoms with E-state index >= 15 is 0 Å². The van der Waals surface area contributed by atoms with Crippen molar-refractivity contribution in [2.75, 3.05) is 19.8 Å². The summed E-state index contributed by atoms with van der Waals surface area (Å²) in [7, 11) is 0. The van der Waals surface area contributed by atoms with Gasteiger partial charge in [-0.05, 0) is 19.1 Å². The summed E-state index contributed by atoms with van der Waals surface area (Å²) in [5.74, 6) is -0.721. The molecule has 1 amide bonds. The van der Waals surface area contributed by atoms with Gasteiger partial charge in [0.05, 0.1) is 24.3 Å². The number of ether oxygens (including phenoxy) is 1. The van der Waals surface area contributed by atoms with Gasteiger partial charge < -0.3 is 15.4 Å². The maximum Gasteiger partial charge on any atom is 0.222 e. The predicted molar refractivity (Wildman–Crippen MR) is 87.5 cm³/mol. The second-order valence-electron chi connectivity index (χ2n) is 4.98. The molecule has 8 heteroatoms. The van der Waals surface area contributed by atoms with Crippen LogP contribution in [0.3, 0.4) is 0 Å². The maximum atomic E-state index is 13.5. The van der Waals surface area contributed by atoms with Gasteiger partial charge in [-0.15, -0.1) is 12.4 Å². The van der Waals surface area contributed by atoms with E-state index in [1.54, 1.807) is 6.92 Å². The van der Waals surface area contributed by atoms with Crippen LogP contribution in [-0.4, -0.2) is 31.7 Å². The molecule has 0 spiro atoms. The summed E-state index contributed by atoms with van der Waals surface area (Å²) in [5.41, 5.74) is 0.388. The van der Waals surface area contributed by atoms with Crippen LogP contribution < -0.4 is 10.6 Å². The molecule has 2 atom stereocenters. The Morgan fingerprint density at radius 3 is 2.91 bits per heavy atom. The number of hydrogen-bond donors (Lipinski definition) is 2. The summed E-state index contributed by atoms with van der Waals surface area (Å²) >= 11 is 12.0. The molecule has 1 fully saturated rings. The highest BCUT2D eigenvalue weighted by atomic mass is 35.5. The van der Waals surface area contributed by atoms with Crippen LogP contribution in [0, 0.1) is 5.82 Å². The summed E-state index contributed by atoms with van der Waals surface area (Å²) in [4.78, 5) is 12.0. The number of morpholine rings is 1. The van der Waals surface area contributed by atoms with E-state index in [0.29, 0.717) is 23.8 Å². The lowest BCUT2D eigenvalue weighted by Gasteiger charge is -2.24. The van der Waals surface area contributed by atoms with E-state index in [-0.39, 0.29) is 35.8 Å². The highest BCUT2D eigenvalue weighted by Gasteiger charge is 2.21. The molecule has 0 saturated carbocycles. The zero-order chi connectivity index (χ0) is 15.4. The highest BCUT2D eigenvalue weighted by Crippen LogP contribution is 2.32. The number of rotatable bonds is 4. The number of halogens is 4. The monoisotopic (exact) mass is 370 g/mol. The third kappa shape index (κ3) is 4.96. The lowest BCUT2D eigenvalue weighted by atomic mass is 10.1. The molecule has 0 aliphatic carbocycles. The minimum absolute atomic E-state index is 0. The van der Waals surface area contributed by atoms with Crippen molar-refractivity contribution in [1.29, 1.82) is 0 Å². The fourth-order valence-corrected chi connectivity index (χ4v) is 2.98. The van der Waals surface area contributed by atoms with Crippen molar-refractivity contribution in [2.45, 2.75) is 25.4 Å². The molecule has 4 nitrogen and oxygen atoms in total. The van der Waals surface area contributed by atoms with Crippen LogP contribution in [0.1, 0.15) is 24.9 Å². The maximum absolute atomic E-state index is 13.5. The first-order chi connectivity index (χ1) is 9.99. The molecule has 0 aromatic heterocycles. The molecule has 0 bridgehead atoms. The summed E-state index contributed by atoms with van der Waals surface area (Å²) in [6.07, 6.45) is 0.287. The van der Waals surface area contributed by atoms with Crippen LogP contribution in [0.15, 0.2) is 12.1 Å². The fourth-order valence-electron chi connectivity index (χ4n) is 2.29. The number of carbonyl (C=O) groups is 1. The molecular weight excluding hydrogens is 354 g/mol. The molecule has 1 aromatic carbocycles. The average molecular weight is 372 g/mol. The summed E-state index contributed by atoms with van der Waals surface area (Å²) in [5, 5.41) is 6.25. The van der Waals surface area contributed by atoms with Gasteiger partial charge in [0.15, 0.2) is 0 Å². The van der Waals surface area contributed by atoms with Crippen molar-refractivity contribution in [3.8, 4) is 0 Å². The Balaban J connectivity index is 0.00000242. The average Bonchev–Trinajstić information content (AvgIpc) is 2.44. The summed E-state index contributed by atoms with van der Waals surface area (Å²) in [6.45, 7) is 3.61. The Hall–Kier alpha value is -0.590. The van der Waals surface area contributed by atoms with Crippen LogP contribution >= 0.6 is 35.6 Å². The molecule has 22 heavy (non-hydrogen) atoms. The van der Waals surface area contributed by atoms with Crippen molar-refractivity contribution in [3.05, 3.63) is 33.6 Å². The molecule has 1 aromatic rings. The van der Waals surface area contributed by atoms with Gasteiger partial charge in [-0.1, -0.05) is 23.2 Å². The lowest BCUT2D eigenvalue weighted by molar-refractivity contribution is -0.122. The van der Waals surface area contributed by atoms with Gasteiger partial charge in [0.25, 0.3) is 0 Å². The van der Waals surface area contributed by atoms with Crippen LogP contribution in [0.5, 0.6) is 0 Å². The number of hydrogen-bond acceptors (Lipinski definition) is 3. The van der Waals surface area contributed by atoms with E-state index in [9.17, 15) is 9.18 Å². The number of benzene rings is 1. The predicted octanol–water partition coefficient (Wildman–Crippen LogP) is 3.11. The molecule has 2 rings (SSSR count). The van der Waals surface area contributed by atoms with Gasteiger partial charge in [-0.2, -0.15) is 0 Å². The Bertz CT molecular complexity index is 525. The second kappa shape index (κ2) is 8.89. The Morgan fingerprint density at radius 2 is 2.27 bits per heavy atom. The van der Waals surface area contributed by atoms with Gasteiger partial charge in [0, 0.05) is 29.6 Å². The first-order valence-corrected chi connectivity index (χ1v) is 7.48. The van der Waals surface area contributed by atoms with Crippen LogP contribution in [0.2, 0.25) is 10.0 Å². The molecule has 1 saturated heterocycles. The van der Waals surface area contributed by atoms with E-state index in [0.717, 1.165) is 6.54 Å². The van der Waals surface area contributed by atoms with Gasteiger partial charge in [0.1, 0.15) is 5.82 Å². The zero-order valence-electron chi connectivity index (χ0n) is 12.0.